The lowest BCUT2D eigenvalue weighted by molar-refractivity contribution is 0.477. The van der Waals surface area contributed by atoms with Gasteiger partial charge in [-0.2, -0.15) is 0 Å². The largest absolute Gasteiger partial charge is 0.507 e. The predicted octanol–water partition coefficient (Wildman–Crippen LogP) is 4.83. The van der Waals surface area contributed by atoms with Crippen LogP contribution in [0, 0.1) is 0 Å². The number of aromatic hydroxyl groups is 1. The summed E-state index contributed by atoms with van der Waals surface area (Å²) in [6.07, 6.45) is 1.59. The number of phenols is 1. The fraction of sp³-hybridized carbons (Fsp3) is 0.100. The van der Waals surface area contributed by atoms with E-state index >= 15 is 0 Å². The third-order valence-electron chi connectivity index (χ3n) is 4.01. The van der Waals surface area contributed by atoms with E-state index in [1.54, 1.807) is 23.7 Å². The first-order valence-corrected chi connectivity index (χ1v) is 10.2. The van der Waals surface area contributed by atoms with Crippen LogP contribution in [0.5, 0.6) is 5.75 Å². The number of hydrogen-bond donors (Lipinski definition) is 2. The maximum absolute atomic E-state index is 10.1. The zero-order chi connectivity index (χ0) is 17.9. The number of nitrogens with zero attached hydrogens (tertiary/aromatic N) is 2. The number of nitrogens with one attached hydrogen (secondary N) is 1. The SMILES string of the molecule is C[C@@H](Nc1ncnc2sc(-c3ccccc3O)cc12)Pc1ccccc1. The van der Waals surface area contributed by atoms with Crippen LogP contribution >= 0.6 is 19.9 Å². The van der Waals surface area contributed by atoms with Gasteiger partial charge in [-0.15, -0.1) is 11.3 Å². The molecule has 0 aliphatic carbocycles. The predicted molar refractivity (Wildman–Crippen MR) is 112 cm³/mol. The van der Waals surface area contributed by atoms with E-state index < -0.39 is 0 Å². The molecule has 0 fully saturated rings. The molecule has 2 N–H and O–H groups in total. The minimum atomic E-state index is 0.268. The van der Waals surface area contributed by atoms with Crippen LogP contribution in [0.15, 0.2) is 67.0 Å². The molecular formula is C20H18N3OPS. The summed E-state index contributed by atoms with van der Waals surface area (Å²) in [5.74, 6) is 1.38. The van der Waals surface area contributed by atoms with Crippen molar-refractivity contribution in [3.05, 3.63) is 67.0 Å². The summed E-state index contributed by atoms with van der Waals surface area (Å²) in [5.41, 5.74) is 0.820. The van der Waals surface area contributed by atoms with Gasteiger partial charge in [0.05, 0.1) is 5.39 Å². The van der Waals surface area contributed by atoms with Crippen LogP contribution in [0.2, 0.25) is 0 Å². The maximum atomic E-state index is 10.1. The summed E-state index contributed by atoms with van der Waals surface area (Å²) in [6, 6.07) is 19.9. The van der Waals surface area contributed by atoms with Crippen molar-refractivity contribution in [2.45, 2.75) is 12.7 Å². The van der Waals surface area contributed by atoms with Crippen molar-refractivity contribution in [1.29, 1.82) is 0 Å². The van der Waals surface area contributed by atoms with Gasteiger partial charge in [0.2, 0.25) is 0 Å². The smallest absolute Gasteiger partial charge is 0.138 e. The van der Waals surface area contributed by atoms with E-state index in [4.69, 9.17) is 0 Å². The monoisotopic (exact) mass is 379 g/mol. The average Bonchev–Trinajstić information content (AvgIpc) is 3.08. The second kappa shape index (κ2) is 7.40. The van der Waals surface area contributed by atoms with Crippen LogP contribution in [-0.2, 0) is 0 Å². The fourth-order valence-corrected chi connectivity index (χ4v) is 4.94. The Morgan fingerprint density at radius 1 is 1.04 bits per heavy atom. The molecule has 2 atom stereocenters. The highest BCUT2D eigenvalue weighted by Gasteiger charge is 2.13. The van der Waals surface area contributed by atoms with Crippen LogP contribution in [0.3, 0.4) is 0 Å². The Bertz CT molecular complexity index is 1040. The van der Waals surface area contributed by atoms with E-state index in [0.717, 1.165) is 26.5 Å². The average molecular weight is 379 g/mol. The van der Waals surface area contributed by atoms with Crippen molar-refractivity contribution in [2.24, 2.45) is 0 Å². The molecule has 0 aliphatic rings. The van der Waals surface area contributed by atoms with Gasteiger partial charge in [-0.25, -0.2) is 9.97 Å². The number of aromatic nitrogens is 2. The lowest BCUT2D eigenvalue weighted by atomic mass is 10.1. The molecule has 0 aliphatic heterocycles. The first-order chi connectivity index (χ1) is 12.7. The number of fused-ring (bicyclic) bond motifs is 1. The van der Waals surface area contributed by atoms with Crippen LogP contribution in [0.25, 0.3) is 20.7 Å². The normalized spacial score (nSPS) is 12.7. The number of anilines is 1. The molecule has 6 heteroatoms. The Labute approximate surface area is 157 Å². The van der Waals surface area contributed by atoms with Crippen LogP contribution in [0.4, 0.5) is 5.82 Å². The van der Waals surface area contributed by atoms with E-state index in [1.165, 1.54) is 5.30 Å². The molecule has 130 valence electrons. The summed E-state index contributed by atoms with van der Waals surface area (Å²) in [6.45, 7) is 2.16. The standard InChI is InChI=1S/C20H18N3OPS/c1-13(25-14-7-3-2-4-8-14)23-19-16-11-18(26-20(16)22-12-21-19)15-9-5-6-10-17(15)24/h2-13,24-25H,1H3,(H,21,22,23)/t13-/m0/s1. The second-order valence-corrected chi connectivity index (χ2v) is 8.71. The Hall–Kier alpha value is -2.49. The van der Waals surface area contributed by atoms with E-state index in [-0.39, 0.29) is 11.5 Å². The molecule has 0 bridgehead atoms. The van der Waals surface area contributed by atoms with Gasteiger partial charge in [0, 0.05) is 16.2 Å². The molecule has 0 radical (unpaired) electrons. The Morgan fingerprint density at radius 3 is 2.62 bits per heavy atom. The van der Waals surface area contributed by atoms with E-state index in [9.17, 15) is 5.11 Å². The number of benzene rings is 2. The number of rotatable bonds is 5. The zero-order valence-corrected chi connectivity index (χ0v) is 16.0. The number of hydrogen-bond acceptors (Lipinski definition) is 5. The first-order valence-electron chi connectivity index (χ1n) is 8.32. The van der Waals surface area contributed by atoms with Crippen molar-refractivity contribution >= 4 is 41.3 Å². The van der Waals surface area contributed by atoms with Gasteiger partial charge in [-0.3, -0.25) is 0 Å². The maximum Gasteiger partial charge on any atom is 0.138 e. The van der Waals surface area contributed by atoms with Crippen LogP contribution in [0.1, 0.15) is 6.92 Å². The minimum Gasteiger partial charge on any atom is -0.507 e. The molecule has 0 saturated carbocycles. The van der Waals surface area contributed by atoms with Gasteiger partial charge in [0.1, 0.15) is 22.7 Å². The topological polar surface area (TPSA) is 58.0 Å². The third kappa shape index (κ3) is 3.55. The quantitative estimate of drug-likeness (QED) is 0.488. The van der Waals surface area contributed by atoms with Crippen molar-refractivity contribution < 1.29 is 5.11 Å². The summed E-state index contributed by atoms with van der Waals surface area (Å²) < 4.78 is 0. The van der Waals surface area contributed by atoms with Gasteiger partial charge < -0.3 is 10.4 Å². The van der Waals surface area contributed by atoms with Gasteiger partial charge in [-0.1, -0.05) is 51.0 Å². The summed E-state index contributed by atoms with van der Waals surface area (Å²) in [4.78, 5) is 10.7. The molecule has 2 aromatic heterocycles. The summed E-state index contributed by atoms with van der Waals surface area (Å²) in [5, 5.41) is 15.9. The van der Waals surface area contributed by atoms with Crippen molar-refractivity contribution in [2.75, 3.05) is 5.32 Å². The minimum absolute atomic E-state index is 0.268. The van der Waals surface area contributed by atoms with E-state index in [2.05, 4.69) is 52.5 Å². The van der Waals surface area contributed by atoms with E-state index in [1.807, 2.05) is 24.3 Å². The highest BCUT2D eigenvalue weighted by molar-refractivity contribution is 7.48. The Balaban J connectivity index is 1.63. The van der Waals surface area contributed by atoms with Gasteiger partial charge in [-0.05, 0) is 30.4 Å². The molecule has 2 aromatic carbocycles. The molecule has 26 heavy (non-hydrogen) atoms. The van der Waals surface area contributed by atoms with Crippen molar-refractivity contribution in [3.63, 3.8) is 0 Å². The second-order valence-electron chi connectivity index (χ2n) is 5.95. The summed E-state index contributed by atoms with van der Waals surface area (Å²) >= 11 is 1.56. The van der Waals surface area contributed by atoms with Gasteiger partial charge in [0.25, 0.3) is 0 Å². The zero-order valence-electron chi connectivity index (χ0n) is 14.2. The molecule has 4 nitrogen and oxygen atoms in total. The fourth-order valence-electron chi connectivity index (χ4n) is 2.81. The van der Waals surface area contributed by atoms with Gasteiger partial charge >= 0.3 is 0 Å². The van der Waals surface area contributed by atoms with Crippen molar-refractivity contribution in [3.8, 4) is 16.2 Å². The summed E-state index contributed by atoms with van der Waals surface area (Å²) in [7, 11) is 0.644. The van der Waals surface area contributed by atoms with Gasteiger partial charge in [0.15, 0.2) is 0 Å². The molecule has 0 spiro atoms. The third-order valence-corrected chi connectivity index (χ3v) is 6.33. The molecule has 1 unspecified atom stereocenters. The molecule has 4 rings (SSSR count). The number of thiophene rings is 1. The Morgan fingerprint density at radius 2 is 1.81 bits per heavy atom. The lowest BCUT2D eigenvalue weighted by Gasteiger charge is -2.15. The number of phenolic OH excluding ortho intramolecular Hbond substituents is 1. The number of para-hydroxylation sites is 1. The highest BCUT2D eigenvalue weighted by atomic mass is 32.1. The van der Waals surface area contributed by atoms with Crippen LogP contribution in [-0.4, -0.2) is 20.9 Å². The molecular weight excluding hydrogens is 361 g/mol. The highest BCUT2D eigenvalue weighted by Crippen LogP contribution is 2.39. The van der Waals surface area contributed by atoms with Crippen LogP contribution < -0.4 is 10.6 Å². The molecule has 0 amide bonds. The van der Waals surface area contributed by atoms with Crippen molar-refractivity contribution in [1.82, 2.24) is 9.97 Å². The van der Waals surface area contributed by atoms with E-state index in [0.29, 0.717) is 8.58 Å². The molecule has 0 saturated heterocycles. The Kier molecular flexibility index (Phi) is 4.83. The lowest BCUT2D eigenvalue weighted by Crippen LogP contribution is -2.14. The molecule has 2 heterocycles. The molecule has 4 aromatic rings. The first kappa shape index (κ1) is 17.0.